The minimum atomic E-state index is 0. The molecule has 1 aliphatic heterocycles. The van der Waals surface area contributed by atoms with Crippen LogP contribution < -0.4 is 10.6 Å². The van der Waals surface area contributed by atoms with Gasteiger partial charge in [-0.05, 0) is 31.3 Å². The lowest BCUT2D eigenvalue weighted by Gasteiger charge is -2.33. The Bertz CT molecular complexity index is 1180. The zero-order valence-corrected chi connectivity index (χ0v) is 17.1. The summed E-state index contributed by atoms with van der Waals surface area (Å²) in [5.74, 6) is 1.83. The molecule has 31 heavy (non-hydrogen) atoms. The molecule has 4 heterocycles. The van der Waals surface area contributed by atoms with Gasteiger partial charge < -0.3 is 20.0 Å². The van der Waals surface area contributed by atoms with Gasteiger partial charge in [-0.3, -0.25) is 0 Å². The van der Waals surface area contributed by atoms with Gasteiger partial charge in [0.2, 0.25) is 5.89 Å². The molecule has 9 nitrogen and oxygen atoms in total. The van der Waals surface area contributed by atoms with Crippen LogP contribution in [0.4, 0.5) is 11.6 Å². The fourth-order valence-electron chi connectivity index (χ4n) is 3.47. The van der Waals surface area contributed by atoms with E-state index in [1.165, 1.54) is 0 Å². The summed E-state index contributed by atoms with van der Waals surface area (Å²) in [5.41, 5.74) is 8.72. The van der Waals surface area contributed by atoms with Crippen LogP contribution in [0.25, 0.3) is 34.3 Å². The first-order chi connectivity index (χ1) is 15.2. The summed E-state index contributed by atoms with van der Waals surface area (Å²) >= 11 is 0. The monoisotopic (exact) mass is 418 g/mol. The van der Waals surface area contributed by atoms with Gasteiger partial charge in [-0.1, -0.05) is 18.2 Å². The molecule has 3 aromatic heterocycles. The fraction of sp³-hybridized carbons (Fsp3) is 0.227. The average Bonchev–Trinajstić information content (AvgIpc) is 3.31. The van der Waals surface area contributed by atoms with E-state index < -0.39 is 0 Å². The van der Waals surface area contributed by atoms with Crippen LogP contribution in [-0.4, -0.2) is 63.3 Å². The molecule has 0 spiro atoms. The number of hydrogen-bond acceptors (Lipinski definition) is 9. The normalized spacial score (nSPS) is 14.7. The molecule has 2 N–H and O–H groups in total. The van der Waals surface area contributed by atoms with E-state index in [-0.39, 0.29) is 14.6 Å². The maximum atomic E-state index is 6.05. The number of aromatic nitrogens is 5. The van der Waals surface area contributed by atoms with Crippen LogP contribution in [0.15, 0.2) is 59.3 Å². The molecular weight excluding hydrogens is 392 g/mol. The zero-order chi connectivity index (χ0) is 21.2. The highest BCUT2D eigenvalue weighted by Gasteiger charge is 2.18. The Morgan fingerprint density at radius 3 is 2.39 bits per heavy atom. The number of hydrogen-bond donors (Lipinski definition) is 1. The van der Waals surface area contributed by atoms with Gasteiger partial charge >= 0.3 is 0 Å². The van der Waals surface area contributed by atoms with Gasteiger partial charge in [0.1, 0.15) is 5.82 Å². The summed E-state index contributed by atoms with van der Waals surface area (Å²) in [7, 11) is 2.14. The lowest BCUT2D eigenvalue weighted by molar-refractivity contribution is 0.312. The van der Waals surface area contributed by atoms with Crippen LogP contribution in [-0.2, 0) is 0 Å². The third-order valence-electron chi connectivity index (χ3n) is 5.32. The molecule has 1 saturated heterocycles. The maximum Gasteiger partial charge on any atom is 0.270 e. The van der Waals surface area contributed by atoms with E-state index in [2.05, 4.69) is 42.0 Å². The first-order valence-corrected chi connectivity index (χ1v) is 10.1. The van der Waals surface area contributed by atoms with Crippen LogP contribution >= 0.6 is 0 Å². The molecule has 0 radical (unpaired) electrons. The first kappa shape index (κ1) is 19.1. The van der Waals surface area contributed by atoms with Crippen LogP contribution in [0.5, 0.6) is 0 Å². The number of anilines is 2. The summed E-state index contributed by atoms with van der Waals surface area (Å²) in [6, 6.07) is 13.6. The Hall–Kier alpha value is -3.85. The molecule has 1 aliphatic rings. The van der Waals surface area contributed by atoms with Crippen molar-refractivity contribution < 1.29 is 7.27 Å². The van der Waals surface area contributed by atoms with Crippen molar-refractivity contribution in [2.24, 2.45) is 0 Å². The highest BCUT2D eigenvalue weighted by molar-refractivity contribution is 5.69. The van der Waals surface area contributed by atoms with E-state index in [1.54, 1.807) is 12.4 Å². The zero-order valence-electron chi connectivity index (χ0n) is 17.1. The van der Waals surface area contributed by atoms with Crippen molar-refractivity contribution in [2.75, 3.05) is 43.9 Å². The van der Waals surface area contributed by atoms with Gasteiger partial charge in [0.25, 0.3) is 5.89 Å². The molecule has 0 bridgehead atoms. The van der Waals surface area contributed by atoms with Gasteiger partial charge in [0, 0.05) is 46.4 Å². The number of nitrogen functional groups attached to an aromatic ring is 1. The number of nitrogens with zero attached hydrogens (tertiary/aromatic N) is 7. The molecule has 0 saturated carbocycles. The smallest absolute Gasteiger partial charge is 0.270 e. The number of pyridine rings is 1. The molecule has 0 amide bonds. The largest absolute Gasteiger partial charge is 0.414 e. The van der Waals surface area contributed by atoms with Crippen molar-refractivity contribution in [3.05, 3.63) is 54.9 Å². The lowest BCUT2D eigenvalue weighted by atomic mass is 10.2. The van der Waals surface area contributed by atoms with Crippen molar-refractivity contribution in [3.63, 3.8) is 0 Å². The van der Waals surface area contributed by atoms with E-state index in [1.807, 2.05) is 42.5 Å². The molecule has 0 unspecified atom stereocenters. The number of nitrogens with two attached hydrogens (primary N) is 1. The van der Waals surface area contributed by atoms with E-state index in [4.69, 9.17) is 10.2 Å². The second-order valence-corrected chi connectivity index (χ2v) is 7.46. The maximum absolute atomic E-state index is 6.05. The lowest BCUT2D eigenvalue weighted by Crippen LogP contribution is -2.44. The number of rotatable bonds is 4. The third-order valence-corrected chi connectivity index (χ3v) is 5.32. The van der Waals surface area contributed by atoms with Crippen LogP contribution in [0, 0.1) is 0 Å². The van der Waals surface area contributed by atoms with E-state index >= 15 is 0 Å². The van der Waals surface area contributed by atoms with Crippen molar-refractivity contribution in [2.45, 2.75) is 0 Å². The predicted molar refractivity (Wildman–Crippen MR) is 122 cm³/mol. The molecule has 1 aromatic carbocycles. The van der Waals surface area contributed by atoms with Crippen molar-refractivity contribution in [1.29, 1.82) is 0 Å². The van der Waals surface area contributed by atoms with E-state index in [0.717, 1.165) is 43.1 Å². The summed E-state index contributed by atoms with van der Waals surface area (Å²) in [4.78, 5) is 18.1. The summed E-state index contributed by atoms with van der Waals surface area (Å²) in [5, 5.41) is 8.23. The summed E-state index contributed by atoms with van der Waals surface area (Å²) in [6.45, 7) is 4.00. The Balaban J connectivity index is 0.00000153. The SMILES string of the molecule is CN1CCN(c2ccc(-c3cnc(N)c(-c4nnc(-c5ccccc5)o4)n3)cn2)CC1.[HH].[HH]. The Morgan fingerprint density at radius 1 is 0.871 bits per heavy atom. The molecule has 1 fully saturated rings. The summed E-state index contributed by atoms with van der Waals surface area (Å²) < 4.78 is 5.80. The molecular formula is C22H26N8O. The van der Waals surface area contributed by atoms with Crippen LogP contribution in [0.2, 0.25) is 0 Å². The van der Waals surface area contributed by atoms with Crippen molar-refractivity contribution in [3.8, 4) is 34.3 Å². The molecule has 0 aliphatic carbocycles. The third kappa shape index (κ3) is 3.95. The minimum Gasteiger partial charge on any atom is -0.414 e. The molecule has 4 aromatic rings. The molecule has 160 valence electrons. The molecule has 9 heteroatoms. The van der Waals surface area contributed by atoms with Crippen LogP contribution in [0.3, 0.4) is 0 Å². The van der Waals surface area contributed by atoms with Crippen molar-refractivity contribution in [1.82, 2.24) is 30.0 Å². The summed E-state index contributed by atoms with van der Waals surface area (Å²) in [6.07, 6.45) is 3.43. The van der Waals surface area contributed by atoms with Crippen LogP contribution in [0.1, 0.15) is 2.85 Å². The predicted octanol–water partition coefficient (Wildman–Crippen LogP) is 3.08. The van der Waals surface area contributed by atoms with E-state index in [0.29, 0.717) is 17.3 Å². The molecule has 5 rings (SSSR count). The quantitative estimate of drug-likeness (QED) is 0.534. The minimum absolute atomic E-state index is 0. The highest BCUT2D eigenvalue weighted by atomic mass is 16.4. The first-order valence-electron chi connectivity index (χ1n) is 10.1. The fourth-order valence-corrected chi connectivity index (χ4v) is 3.47. The van der Waals surface area contributed by atoms with Gasteiger partial charge in [-0.2, -0.15) is 0 Å². The van der Waals surface area contributed by atoms with Gasteiger partial charge in [-0.15, -0.1) is 10.2 Å². The number of likely N-dealkylation sites (N-methyl/N-ethyl adjacent to an activating group) is 1. The van der Waals surface area contributed by atoms with E-state index in [9.17, 15) is 0 Å². The Kier molecular flexibility index (Phi) is 5.01. The molecule has 0 atom stereocenters. The van der Waals surface area contributed by atoms with Gasteiger partial charge in [0.05, 0.1) is 11.9 Å². The second-order valence-electron chi connectivity index (χ2n) is 7.46. The Labute approximate surface area is 182 Å². The number of benzene rings is 1. The highest BCUT2D eigenvalue weighted by Crippen LogP contribution is 2.28. The van der Waals surface area contributed by atoms with Crippen molar-refractivity contribution >= 4 is 11.6 Å². The van der Waals surface area contributed by atoms with Gasteiger partial charge in [-0.25, -0.2) is 15.0 Å². The second kappa shape index (κ2) is 8.11. The Morgan fingerprint density at radius 2 is 1.65 bits per heavy atom. The topological polar surface area (TPSA) is 110 Å². The van der Waals surface area contributed by atoms with Gasteiger partial charge in [0.15, 0.2) is 11.5 Å². The average molecular weight is 419 g/mol. The standard InChI is InChI=1S/C22H22N8O.2H2/c1-29-9-11-30(12-10-29)18-8-7-16(13-24-18)17-14-25-20(23)19(26-17)22-28-27-21(31-22)15-5-3-2-4-6-15;;/h2-8,13-14H,9-12H2,1H3,(H2,23,25);2*1H. The number of piperazine rings is 1.